The summed E-state index contributed by atoms with van der Waals surface area (Å²) in [5, 5.41) is 9.75. The van der Waals surface area contributed by atoms with E-state index in [1.165, 1.54) is 4.90 Å². The molecule has 1 aromatic rings. The van der Waals surface area contributed by atoms with Gasteiger partial charge in [-0.3, -0.25) is 9.59 Å². The maximum absolute atomic E-state index is 12.9. The van der Waals surface area contributed by atoms with Gasteiger partial charge in [0.05, 0.1) is 29.7 Å². The van der Waals surface area contributed by atoms with Crippen LogP contribution in [0.5, 0.6) is 0 Å². The third kappa shape index (κ3) is 1.45. The summed E-state index contributed by atoms with van der Waals surface area (Å²) in [4.78, 5) is 27.0. The summed E-state index contributed by atoms with van der Waals surface area (Å²) in [6, 6.07) is 7.32. The van der Waals surface area contributed by atoms with Crippen LogP contribution in [0.3, 0.4) is 0 Å². The van der Waals surface area contributed by atoms with E-state index in [4.69, 9.17) is 4.74 Å². The molecule has 2 fully saturated rings. The quantitative estimate of drug-likeness (QED) is 0.658. The fraction of sp³-hybridized carbons (Fsp3) is 0.412. The fourth-order valence-corrected chi connectivity index (χ4v) is 4.06. The minimum atomic E-state index is -1.06. The highest BCUT2D eigenvalue weighted by molar-refractivity contribution is 6.23. The standard InChI is InChI=1S/C17H17NO4/c1-10-4-3-5-11(8-10)18-14(20)12-13(15(18)21)17(9-19)7-6-16(12,2)22-17/h3-8,12-13,19H,9H2,1-2H3/t12-,13+,16-,17+/m1/s1. The molecule has 3 aliphatic rings. The number of ether oxygens (including phenoxy) is 1. The Bertz CT molecular complexity index is 727. The maximum atomic E-state index is 12.9. The molecule has 0 saturated carbocycles. The second kappa shape index (κ2) is 4.06. The van der Waals surface area contributed by atoms with Crippen molar-refractivity contribution < 1.29 is 19.4 Å². The number of carbonyl (C=O) groups excluding carboxylic acids is 2. The largest absolute Gasteiger partial charge is 0.393 e. The van der Waals surface area contributed by atoms with Crippen molar-refractivity contribution in [2.45, 2.75) is 25.0 Å². The van der Waals surface area contributed by atoms with Crippen molar-refractivity contribution in [1.82, 2.24) is 0 Å². The molecule has 1 N–H and O–H groups in total. The Balaban J connectivity index is 1.82. The van der Waals surface area contributed by atoms with Gasteiger partial charge in [0.2, 0.25) is 11.8 Å². The summed E-state index contributed by atoms with van der Waals surface area (Å²) >= 11 is 0. The van der Waals surface area contributed by atoms with E-state index in [2.05, 4.69) is 0 Å². The Labute approximate surface area is 128 Å². The number of carbonyl (C=O) groups is 2. The number of aryl methyl sites for hydroxylation is 1. The van der Waals surface area contributed by atoms with Crippen LogP contribution in [-0.2, 0) is 14.3 Å². The number of imide groups is 1. The van der Waals surface area contributed by atoms with E-state index in [1.54, 1.807) is 25.1 Å². The Morgan fingerprint density at radius 2 is 1.95 bits per heavy atom. The van der Waals surface area contributed by atoms with Gasteiger partial charge in [-0.1, -0.05) is 24.3 Å². The summed E-state index contributed by atoms with van der Waals surface area (Å²) in [5.41, 5.74) is -0.320. The number of nitrogens with zero attached hydrogens (tertiary/aromatic N) is 1. The van der Waals surface area contributed by atoms with Gasteiger partial charge in [0.15, 0.2) is 0 Å². The van der Waals surface area contributed by atoms with Gasteiger partial charge in [0, 0.05) is 0 Å². The lowest BCUT2D eigenvalue weighted by Gasteiger charge is -2.27. The first-order chi connectivity index (χ1) is 10.4. The predicted molar refractivity (Wildman–Crippen MR) is 79.1 cm³/mol. The van der Waals surface area contributed by atoms with Crippen molar-refractivity contribution in [3.63, 3.8) is 0 Å². The molecule has 5 heteroatoms. The van der Waals surface area contributed by atoms with Gasteiger partial charge in [0.1, 0.15) is 5.60 Å². The van der Waals surface area contributed by atoms with Crippen LogP contribution in [0.15, 0.2) is 36.4 Å². The maximum Gasteiger partial charge on any atom is 0.241 e. The van der Waals surface area contributed by atoms with E-state index in [-0.39, 0.29) is 18.4 Å². The molecule has 3 aliphatic heterocycles. The molecule has 0 spiro atoms. The number of aliphatic hydroxyl groups excluding tert-OH is 1. The van der Waals surface area contributed by atoms with E-state index in [0.717, 1.165) is 5.56 Å². The van der Waals surface area contributed by atoms with Crippen LogP contribution < -0.4 is 4.90 Å². The first kappa shape index (κ1) is 13.7. The lowest BCUT2D eigenvalue weighted by Crippen LogP contribution is -2.43. The van der Waals surface area contributed by atoms with Gasteiger partial charge in [-0.05, 0) is 31.5 Å². The van der Waals surface area contributed by atoms with E-state index < -0.39 is 23.0 Å². The van der Waals surface area contributed by atoms with Crippen molar-refractivity contribution in [3.05, 3.63) is 42.0 Å². The Morgan fingerprint density at radius 1 is 1.23 bits per heavy atom. The summed E-state index contributed by atoms with van der Waals surface area (Å²) < 4.78 is 5.88. The smallest absolute Gasteiger partial charge is 0.241 e. The molecule has 1 aromatic carbocycles. The zero-order valence-corrected chi connectivity index (χ0v) is 12.4. The average Bonchev–Trinajstić information content (AvgIpc) is 3.05. The number of hydrogen-bond acceptors (Lipinski definition) is 4. The molecule has 114 valence electrons. The molecule has 0 unspecified atom stereocenters. The van der Waals surface area contributed by atoms with Gasteiger partial charge in [-0.25, -0.2) is 4.90 Å². The molecule has 2 saturated heterocycles. The first-order valence-electron chi connectivity index (χ1n) is 7.38. The van der Waals surface area contributed by atoms with Crippen molar-refractivity contribution in [3.8, 4) is 0 Å². The highest BCUT2D eigenvalue weighted by Crippen LogP contribution is 2.57. The third-order valence-electron chi connectivity index (χ3n) is 5.06. The lowest BCUT2D eigenvalue weighted by molar-refractivity contribution is -0.131. The van der Waals surface area contributed by atoms with Gasteiger partial charge < -0.3 is 9.84 Å². The molecule has 4 atom stereocenters. The van der Waals surface area contributed by atoms with E-state index in [1.807, 2.05) is 25.1 Å². The topological polar surface area (TPSA) is 66.8 Å². The van der Waals surface area contributed by atoms with Crippen LogP contribution >= 0.6 is 0 Å². The molecule has 0 aliphatic carbocycles. The molecule has 2 bridgehead atoms. The Kier molecular flexibility index (Phi) is 2.52. The van der Waals surface area contributed by atoms with Gasteiger partial charge >= 0.3 is 0 Å². The summed E-state index contributed by atoms with van der Waals surface area (Å²) in [6.07, 6.45) is 3.54. The third-order valence-corrected chi connectivity index (χ3v) is 5.06. The van der Waals surface area contributed by atoms with Crippen molar-refractivity contribution in [2.24, 2.45) is 11.8 Å². The Hall–Kier alpha value is -1.98. The van der Waals surface area contributed by atoms with Gasteiger partial charge in [-0.2, -0.15) is 0 Å². The summed E-state index contributed by atoms with van der Waals surface area (Å²) in [7, 11) is 0. The SMILES string of the molecule is Cc1cccc(N2C(=O)[C@@H]3[C@H](C2=O)[C@@]2(C)C=C[C@@]3(CO)O2)c1. The number of fused-ring (bicyclic) bond motifs is 5. The number of anilines is 1. The lowest BCUT2D eigenvalue weighted by atomic mass is 9.73. The molecule has 0 radical (unpaired) electrons. The fourth-order valence-electron chi connectivity index (χ4n) is 4.06. The summed E-state index contributed by atoms with van der Waals surface area (Å²) in [6.45, 7) is 3.41. The van der Waals surface area contributed by atoms with Gasteiger partial charge in [0.25, 0.3) is 0 Å². The number of amides is 2. The first-order valence-corrected chi connectivity index (χ1v) is 7.38. The minimum absolute atomic E-state index is 0.247. The molecular weight excluding hydrogens is 282 g/mol. The highest BCUT2D eigenvalue weighted by Gasteiger charge is 2.72. The zero-order valence-electron chi connectivity index (χ0n) is 12.4. The molecule has 0 aromatic heterocycles. The number of benzene rings is 1. The number of rotatable bonds is 2. The van der Waals surface area contributed by atoms with Crippen LogP contribution in [-0.4, -0.2) is 34.7 Å². The molecule has 2 amide bonds. The van der Waals surface area contributed by atoms with Gasteiger partial charge in [-0.15, -0.1) is 0 Å². The second-order valence-electron chi connectivity index (χ2n) is 6.54. The molecule has 3 heterocycles. The predicted octanol–water partition coefficient (Wildman–Crippen LogP) is 1.19. The van der Waals surface area contributed by atoms with Crippen molar-refractivity contribution in [1.29, 1.82) is 0 Å². The average molecular weight is 299 g/mol. The summed E-state index contributed by atoms with van der Waals surface area (Å²) in [5.74, 6) is -1.76. The number of hydrogen-bond donors (Lipinski definition) is 1. The van der Waals surface area contributed by atoms with Crippen LogP contribution in [0, 0.1) is 18.8 Å². The van der Waals surface area contributed by atoms with Crippen LogP contribution in [0.1, 0.15) is 12.5 Å². The Morgan fingerprint density at radius 3 is 2.64 bits per heavy atom. The number of aliphatic hydroxyl groups is 1. The normalized spacial score (nSPS) is 39.0. The monoisotopic (exact) mass is 299 g/mol. The van der Waals surface area contributed by atoms with Crippen LogP contribution in [0.25, 0.3) is 0 Å². The second-order valence-corrected chi connectivity index (χ2v) is 6.54. The van der Waals surface area contributed by atoms with E-state index >= 15 is 0 Å². The van der Waals surface area contributed by atoms with Crippen LogP contribution in [0.4, 0.5) is 5.69 Å². The molecule has 4 rings (SSSR count). The van der Waals surface area contributed by atoms with Crippen LogP contribution in [0.2, 0.25) is 0 Å². The molecule has 5 nitrogen and oxygen atoms in total. The minimum Gasteiger partial charge on any atom is -0.393 e. The van der Waals surface area contributed by atoms with E-state index in [9.17, 15) is 14.7 Å². The van der Waals surface area contributed by atoms with E-state index in [0.29, 0.717) is 5.69 Å². The molecular formula is C17H17NO4. The van der Waals surface area contributed by atoms with Crippen molar-refractivity contribution in [2.75, 3.05) is 11.5 Å². The highest BCUT2D eigenvalue weighted by atomic mass is 16.5. The van der Waals surface area contributed by atoms with Crippen molar-refractivity contribution >= 4 is 17.5 Å². The molecule has 22 heavy (non-hydrogen) atoms. The zero-order chi connectivity index (χ0) is 15.7.